The highest BCUT2D eigenvalue weighted by molar-refractivity contribution is 6.33. The van der Waals surface area contributed by atoms with Gasteiger partial charge in [-0.15, -0.1) is 0 Å². The van der Waals surface area contributed by atoms with Crippen LogP contribution in [0.5, 0.6) is 0 Å². The largest absolute Gasteiger partial charge is 0.450 e. The molecule has 0 saturated heterocycles. The number of nitro benzene ring substituents is 1. The fourth-order valence-corrected chi connectivity index (χ4v) is 2.38. The molecule has 2 aromatic rings. The molecule has 27 heavy (non-hydrogen) atoms. The number of nitrogens with one attached hydrogen (secondary N) is 1. The standard InChI is InChI=1S/C18H19ClN2O6/c1-4-18(2,3)20-16(22)10-26-17(23)15-8-7-14(27-15)12-6-5-11(21(24)25)9-13(12)19/h5-9H,4,10H2,1-3H3,(H,20,22). The Balaban J connectivity index is 2.04. The van der Waals surface area contributed by atoms with Gasteiger partial charge in [0.25, 0.3) is 11.6 Å². The van der Waals surface area contributed by atoms with E-state index in [4.69, 9.17) is 20.8 Å². The minimum Gasteiger partial charge on any atom is -0.450 e. The first-order chi connectivity index (χ1) is 12.6. The van der Waals surface area contributed by atoms with Crippen LogP contribution in [0.2, 0.25) is 5.02 Å². The maximum Gasteiger partial charge on any atom is 0.374 e. The monoisotopic (exact) mass is 394 g/mol. The maximum atomic E-state index is 12.0. The Hall–Kier alpha value is -2.87. The summed E-state index contributed by atoms with van der Waals surface area (Å²) in [6, 6.07) is 6.76. The summed E-state index contributed by atoms with van der Waals surface area (Å²) in [4.78, 5) is 34.1. The van der Waals surface area contributed by atoms with Gasteiger partial charge in [0.05, 0.1) is 9.95 Å². The van der Waals surface area contributed by atoms with Gasteiger partial charge in [-0.25, -0.2) is 4.79 Å². The molecule has 1 N–H and O–H groups in total. The number of nitro groups is 1. The van der Waals surface area contributed by atoms with Gasteiger partial charge in [0.2, 0.25) is 5.76 Å². The lowest BCUT2D eigenvalue weighted by Crippen LogP contribution is -2.44. The van der Waals surface area contributed by atoms with Crippen molar-refractivity contribution in [3.63, 3.8) is 0 Å². The van der Waals surface area contributed by atoms with Gasteiger partial charge in [0.15, 0.2) is 6.61 Å². The zero-order valence-corrected chi connectivity index (χ0v) is 15.8. The molecule has 2 rings (SSSR count). The molecule has 9 heteroatoms. The van der Waals surface area contributed by atoms with E-state index in [0.717, 1.165) is 6.42 Å². The van der Waals surface area contributed by atoms with Crippen LogP contribution in [0.3, 0.4) is 0 Å². The van der Waals surface area contributed by atoms with Gasteiger partial charge < -0.3 is 14.5 Å². The number of amides is 1. The molecule has 0 bridgehead atoms. The number of carbonyl (C=O) groups excluding carboxylic acids is 2. The SMILES string of the molecule is CCC(C)(C)NC(=O)COC(=O)c1ccc(-c2ccc([N+](=O)[O-])cc2Cl)o1. The number of carbonyl (C=O) groups is 2. The summed E-state index contributed by atoms with van der Waals surface area (Å²) >= 11 is 6.04. The zero-order valence-electron chi connectivity index (χ0n) is 15.1. The lowest BCUT2D eigenvalue weighted by atomic mass is 10.0. The first-order valence-electron chi connectivity index (χ1n) is 8.15. The molecule has 0 aliphatic heterocycles. The number of hydrogen-bond donors (Lipinski definition) is 1. The highest BCUT2D eigenvalue weighted by atomic mass is 35.5. The number of nitrogens with zero attached hydrogens (tertiary/aromatic N) is 1. The van der Waals surface area contributed by atoms with Gasteiger partial charge >= 0.3 is 5.97 Å². The lowest BCUT2D eigenvalue weighted by molar-refractivity contribution is -0.384. The average molecular weight is 395 g/mol. The molecule has 0 spiro atoms. The molecule has 0 aliphatic carbocycles. The molecular formula is C18H19ClN2O6. The van der Waals surface area contributed by atoms with Crippen molar-refractivity contribution in [2.24, 2.45) is 0 Å². The molecule has 1 aromatic carbocycles. The van der Waals surface area contributed by atoms with Crippen LogP contribution in [0.4, 0.5) is 5.69 Å². The molecule has 144 valence electrons. The summed E-state index contributed by atoms with van der Waals surface area (Å²) in [5.41, 5.74) is -0.159. The van der Waals surface area contributed by atoms with Crippen LogP contribution >= 0.6 is 11.6 Å². The summed E-state index contributed by atoms with van der Waals surface area (Å²) in [6.07, 6.45) is 0.726. The Labute approximate surface area is 160 Å². The number of halogens is 1. The Bertz CT molecular complexity index is 874. The van der Waals surface area contributed by atoms with Crippen molar-refractivity contribution in [2.75, 3.05) is 6.61 Å². The molecule has 0 unspecified atom stereocenters. The Morgan fingerprint density at radius 3 is 2.59 bits per heavy atom. The van der Waals surface area contributed by atoms with Gasteiger partial charge in [-0.3, -0.25) is 14.9 Å². The quantitative estimate of drug-likeness (QED) is 0.432. The Morgan fingerprint density at radius 2 is 2.00 bits per heavy atom. The average Bonchev–Trinajstić information content (AvgIpc) is 3.09. The van der Waals surface area contributed by atoms with Gasteiger partial charge in [-0.05, 0) is 38.5 Å². The molecule has 0 atom stereocenters. The number of esters is 1. The Morgan fingerprint density at radius 1 is 1.30 bits per heavy atom. The fourth-order valence-electron chi connectivity index (χ4n) is 2.11. The zero-order chi connectivity index (χ0) is 20.2. The summed E-state index contributed by atoms with van der Waals surface area (Å²) in [6.45, 7) is 5.22. The number of rotatable bonds is 7. The van der Waals surface area contributed by atoms with E-state index >= 15 is 0 Å². The van der Waals surface area contributed by atoms with Crippen LogP contribution in [0.25, 0.3) is 11.3 Å². The topological polar surface area (TPSA) is 112 Å². The smallest absolute Gasteiger partial charge is 0.374 e. The maximum absolute atomic E-state index is 12.0. The van der Waals surface area contributed by atoms with Gasteiger partial charge in [0.1, 0.15) is 5.76 Å². The second kappa shape index (κ2) is 8.22. The Kier molecular flexibility index (Phi) is 6.22. The van der Waals surface area contributed by atoms with Crippen molar-refractivity contribution in [3.8, 4) is 11.3 Å². The van der Waals surface area contributed by atoms with Gasteiger partial charge in [-0.2, -0.15) is 0 Å². The van der Waals surface area contributed by atoms with Crippen LogP contribution in [0.1, 0.15) is 37.7 Å². The predicted molar refractivity (Wildman–Crippen MR) is 98.6 cm³/mol. The number of hydrogen-bond acceptors (Lipinski definition) is 6. The van der Waals surface area contributed by atoms with Crippen molar-refractivity contribution in [3.05, 3.63) is 51.2 Å². The third-order valence-corrected chi connectivity index (χ3v) is 4.24. The first-order valence-corrected chi connectivity index (χ1v) is 8.53. The lowest BCUT2D eigenvalue weighted by Gasteiger charge is -2.24. The van der Waals surface area contributed by atoms with E-state index in [-0.39, 0.29) is 22.2 Å². The van der Waals surface area contributed by atoms with E-state index in [1.54, 1.807) is 0 Å². The van der Waals surface area contributed by atoms with Gasteiger partial charge in [-0.1, -0.05) is 18.5 Å². The van der Waals surface area contributed by atoms with Crippen LogP contribution in [0, 0.1) is 10.1 Å². The number of ether oxygens (including phenoxy) is 1. The van der Waals surface area contributed by atoms with E-state index < -0.39 is 28.9 Å². The highest BCUT2D eigenvalue weighted by Crippen LogP contribution is 2.32. The van der Waals surface area contributed by atoms with Crippen LogP contribution in [-0.4, -0.2) is 28.9 Å². The third-order valence-electron chi connectivity index (χ3n) is 3.93. The molecule has 0 fully saturated rings. The number of benzene rings is 1. The second-order valence-electron chi connectivity index (χ2n) is 6.45. The van der Waals surface area contributed by atoms with Crippen LogP contribution < -0.4 is 5.32 Å². The second-order valence-corrected chi connectivity index (χ2v) is 6.85. The molecule has 8 nitrogen and oxygen atoms in total. The first kappa shape index (κ1) is 20.4. The van der Waals surface area contributed by atoms with Crippen molar-refractivity contribution in [2.45, 2.75) is 32.7 Å². The summed E-state index contributed by atoms with van der Waals surface area (Å²) in [5, 5.41) is 13.6. The normalized spacial score (nSPS) is 11.1. The van der Waals surface area contributed by atoms with E-state index in [0.29, 0.717) is 5.56 Å². The molecule has 0 radical (unpaired) electrons. The van der Waals surface area contributed by atoms with Crippen LogP contribution in [0.15, 0.2) is 34.7 Å². The molecule has 1 heterocycles. The molecule has 1 aromatic heterocycles. The molecule has 1 amide bonds. The molecule has 0 saturated carbocycles. The van der Waals surface area contributed by atoms with E-state index in [9.17, 15) is 19.7 Å². The van der Waals surface area contributed by atoms with Crippen molar-refractivity contribution >= 4 is 29.2 Å². The predicted octanol–water partition coefficient (Wildman–Crippen LogP) is 3.97. The van der Waals surface area contributed by atoms with Crippen molar-refractivity contribution < 1.29 is 23.7 Å². The van der Waals surface area contributed by atoms with Gasteiger partial charge in [0, 0.05) is 23.2 Å². The molecular weight excluding hydrogens is 376 g/mol. The minimum atomic E-state index is -0.802. The summed E-state index contributed by atoms with van der Waals surface area (Å²) < 4.78 is 10.3. The van der Waals surface area contributed by atoms with E-state index in [1.807, 2.05) is 20.8 Å². The minimum absolute atomic E-state index is 0.109. The van der Waals surface area contributed by atoms with Crippen molar-refractivity contribution in [1.82, 2.24) is 5.32 Å². The van der Waals surface area contributed by atoms with Crippen LogP contribution in [-0.2, 0) is 9.53 Å². The fraction of sp³-hybridized carbons (Fsp3) is 0.333. The number of non-ortho nitro benzene ring substituents is 1. The van der Waals surface area contributed by atoms with E-state index in [2.05, 4.69) is 5.32 Å². The summed E-state index contributed by atoms with van der Waals surface area (Å²) in [7, 11) is 0. The summed E-state index contributed by atoms with van der Waals surface area (Å²) in [5.74, 6) is -1.08. The third kappa shape index (κ3) is 5.30. The molecule has 0 aliphatic rings. The highest BCUT2D eigenvalue weighted by Gasteiger charge is 2.21. The number of furan rings is 1. The van der Waals surface area contributed by atoms with Crippen molar-refractivity contribution in [1.29, 1.82) is 0 Å². The van der Waals surface area contributed by atoms with E-state index in [1.165, 1.54) is 30.3 Å².